The van der Waals surface area contributed by atoms with Crippen molar-refractivity contribution in [2.75, 3.05) is 0 Å². The van der Waals surface area contributed by atoms with Crippen molar-refractivity contribution in [3.63, 3.8) is 0 Å². The predicted octanol–water partition coefficient (Wildman–Crippen LogP) is 5.55. The van der Waals surface area contributed by atoms with Crippen molar-refractivity contribution >= 4 is 22.5 Å². The number of pyridine rings is 2. The van der Waals surface area contributed by atoms with Crippen LogP contribution in [0.25, 0.3) is 33.7 Å². The normalized spacial score (nSPS) is 13.0. The van der Waals surface area contributed by atoms with E-state index in [-0.39, 0.29) is 11.1 Å². The van der Waals surface area contributed by atoms with Crippen LogP contribution in [0.2, 0.25) is 0 Å². The van der Waals surface area contributed by atoms with E-state index in [1.54, 1.807) is 36.7 Å². The lowest BCUT2D eigenvalue weighted by molar-refractivity contribution is 0.576. The van der Waals surface area contributed by atoms with Gasteiger partial charge in [0.2, 0.25) is 0 Å². The van der Waals surface area contributed by atoms with Crippen molar-refractivity contribution < 1.29 is 17.6 Å². The molecule has 168 valence electrons. The molecule has 0 radical (unpaired) electrons. The Morgan fingerprint density at radius 3 is 1.29 bits per heavy atom. The molecule has 0 spiro atoms. The van der Waals surface area contributed by atoms with Gasteiger partial charge in [-0.25, -0.2) is 17.6 Å². The first kappa shape index (κ1) is 20.3. The van der Waals surface area contributed by atoms with Gasteiger partial charge in [-0.05, 0) is 36.4 Å². The third-order valence-corrected chi connectivity index (χ3v) is 7.64. The molecule has 0 aliphatic heterocycles. The van der Waals surface area contributed by atoms with E-state index >= 15 is 0 Å². The summed E-state index contributed by atoms with van der Waals surface area (Å²) in [6, 6.07) is 14.5. The predicted molar refractivity (Wildman–Crippen MR) is 126 cm³/mol. The quantitative estimate of drug-likeness (QED) is 0.301. The van der Waals surface area contributed by atoms with Crippen LogP contribution in [0.15, 0.2) is 73.1 Å². The minimum Gasteiger partial charge on any atom is -0.256 e. The van der Waals surface area contributed by atoms with Gasteiger partial charge >= 0.3 is 0 Å². The Hall–Kier alpha value is -4.10. The monoisotopic (exact) mass is 484 g/mol. The molecule has 35 heavy (non-hydrogen) atoms. The number of nitrogens with zero attached hydrogens (tertiary/aromatic N) is 2. The highest BCUT2D eigenvalue weighted by Crippen LogP contribution is 2.45. The summed E-state index contributed by atoms with van der Waals surface area (Å²) < 4.78 is 61.1. The van der Waals surface area contributed by atoms with Gasteiger partial charge in [-0.1, -0.05) is 24.3 Å². The van der Waals surface area contributed by atoms with Gasteiger partial charge in [0.25, 0.3) is 0 Å². The summed E-state index contributed by atoms with van der Waals surface area (Å²) in [5.41, 5.74) is 4.12. The average Bonchev–Trinajstić information content (AvgIpc) is 3.46. The van der Waals surface area contributed by atoms with Crippen LogP contribution in [-0.2, 0) is 0 Å². The molecule has 2 aliphatic rings. The molecule has 0 N–H and O–H groups in total. The van der Waals surface area contributed by atoms with Crippen molar-refractivity contribution in [1.82, 2.24) is 9.97 Å². The second kappa shape index (κ2) is 7.20. The number of hydrogen-bond donors (Lipinski definition) is 0. The van der Waals surface area contributed by atoms with Gasteiger partial charge in [-0.3, -0.25) is 9.97 Å². The van der Waals surface area contributed by atoms with Gasteiger partial charge < -0.3 is 0 Å². The Labute approximate surface area is 200 Å². The Bertz CT molecular complexity index is 1680. The van der Waals surface area contributed by atoms with Gasteiger partial charge in [-0.15, -0.1) is 11.3 Å². The molecule has 0 fully saturated rings. The van der Waals surface area contributed by atoms with Gasteiger partial charge in [0.1, 0.15) is 23.3 Å². The van der Waals surface area contributed by atoms with E-state index in [2.05, 4.69) is 9.97 Å². The minimum atomic E-state index is -0.695. The molecule has 5 aromatic rings. The first-order valence-electron chi connectivity index (χ1n) is 10.8. The molecule has 0 unspecified atom stereocenters. The number of halogens is 4. The fourth-order valence-electron chi connectivity index (χ4n) is 5.06. The lowest BCUT2D eigenvalue weighted by Gasteiger charge is -2.08. The van der Waals surface area contributed by atoms with Crippen molar-refractivity contribution in [1.29, 1.82) is 0 Å². The topological polar surface area (TPSA) is 25.8 Å². The third-order valence-electron chi connectivity index (χ3n) is 6.42. The minimum absolute atomic E-state index is 0.153. The molecular weight excluding hydrogens is 472 g/mol. The molecule has 0 amide bonds. The lowest BCUT2D eigenvalue weighted by Crippen LogP contribution is -2.07. The first-order valence-corrected chi connectivity index (χ1v) is 11.6. The van der Waals surface area contributed by atoms with Crippen LogP contribution in [0, 0.1) is 23.3 Å². The maximum Gasteiger partial charge on any atom is 0.134 e. The molecule has 2 aromatic carbocycles. The number of fused-ring (bicyclic) bond motifs is 7. The Kier molecular flexibility index (Phi) is 4.17. The van der Waals surface area contributed by atoms with Crippen molar-refractivity contribution in [2.45, 2.75) is 0 Å². The Morgan fingerprint density at radius 2 is 0.886 bits per heavy atom. The van der Waals surface area contributed by atoms with Crippen LogP contribution >= 0.6 is 11.3 Å². The largest absolute Gasteiger partial charge is 0.256 e. The zero-order chi connectivity index (χ0) is 23.8. The number of rotatable bonds is 2. The highest BCUT2D eigenvalue weighted by atomic mass is 32.1. The second-order valence-corrected chi connectivity index (χ2v) is 9.27. The SMILES string of the molecule is Fc1cccc(F)c1C1=c2sc3c(c2-c2ncccc21)-c1ncccc1C=3c1c(F)cccc1F. The van der Waals surface area contributed by atoms with Crippen molar-refractivity contribution in [2.24, 2.45) is 0 Å². The number of aromatic nitrogens is 2. The molecule has 0 saturated heterocycles. The van der Waals surface area contributed by atoms with Crippen molar-refractivity contribution in [3.8, 4) is 22.5 Å². The molecule has 2 nitrogen and oxygen atoms in total. The molecule has 0 saturated carbocycles. The van der Waals surface area contributed by atoms with Crippen LogP contribution in [0.5, 0.6) is 0 Å². The zero-order valence-electron chi connectivity index (χ0n) is 17.7. The van der Waals surface area contributed by atoms with Crippen LogP contribution in [0.1, 0.15) is 22.3 Å². The van der Waals surface area contributed by atoms with Crippen molar-refractivity contribution in [3.05, 3.63) is 128 Å². The van der Waals surface area contributed by atoms with Crippen LogP contribution < -0.4 is 9.06 Å². The summed E-state index contributed by atoms with van der Waals surface area (Å²) in [6.45, 7) is 0. The number of thiophene rings is 1. The fraction of sp³-hybridized carbons (Fsp3) is 0. The summed E-state index contributed by atoms with van der Waals surface area (Å²) in [5, 5.41) is 0. The van der Waals surface area contributed by atoms with Gasteiger partial charge in [0.05, 0.1) is 22.5 Å². The van der Waals surface area contributed by atoms with E-state index in [1.165, 1.54) is 47.7 Å². The molecule has 3 heterocycles. The van der Waals surface area contributed by atoms with Crippen LogP contribution in [0.4, 0.5) is 17.6 Å². The lowest BCUT2D eigenvalue weighted by atomic mass is 9.99. The van der Waals surface area contributed by atoms with E-state index in [0.717, 1.165) is 0 Å². The molecule has 7 heteroatoms. The summed E-state index contributed by atoms with van der Waals surface area (Å²) in [4.78, 5) is 9.09. The number of benzene rings is 2. The second-order valence-electron chi connectivity index (χ2n) is 8.25. The Balaban J connectivity index is 1.71. The maximum absolute atomic E-state index is 15.0. The molecule has 0 atom stereocenters. The van der Waals surface area contributed by atoms with Gasteiger partial charge in [0, 0.05) is 54.9 Å². The average molecular weight is 484 g/mol. The van der Waals surface area contributed by atoms with Gasteiger partial charge in [0.15, 0.2) is 0 Å². The summed E-state index contributed by atoms with van der Waals surface area (Å²) in [7, 11) is 0. The highest BCUT2D eigenvalue weighted by molar-refractivity contribution is 7.09. The smallest absolute Gasteiger partial charge is 0.134 e. The summed E-state index contributed by atoms with van der Waals surface area (Å²) in [5.74, 6) is -2.78. The molecule has 7 rings (SSSR count). The highest BCUT2D eigenvalue weighted by Gasteiger charge is 2.36. The van der Waals surface area contributed by atoms with E-state index < -0.39 is 23.3 Å². The first-order chi connectivity index (χ1) is 17.1. The standard InChI is InChI=1S/C28H12F4N2S/c29-15-7-1-8-16(30)21(15)19-13-5-3-11-33-25(13)23-24-26-14(6-4-12-34-26)20(28(24)35-27(19)23)22-17(31)9-2-10-18(22)32/h1-12H. The zero-order valence-corrected chi connectivity index (χ0v) is 18.6. The fourth-order valence-corrected chi connectivity index (χ4v) is 6.50. The molecule has 2 aliphatic carbocycles. The molecule has 3 aromatic heterocycles. The van der Waals surface area contributed by atoms with Crippen LogP contribution in [0.3, 0.4) is 0 Å². The van der Waals surface area contributed by atoms with E-state index in [0.29, 0.717) is 53.9 Å². The molecular formula is C28H12F4N2S. The summed E-state index contributed by atoms with van der Waals surface area (Å²) >= 11 is 1.24. The maximum atomic E-state index is 15.0. The molecule has 0 bridgehead atoms. The van der Waals surface area contributed by atoms with E-state index in [9.17, 15) is 17.6 Å². The third kappa shape index (κ3) is 2.64. The number of hydrogen-bond acceptors (Lipinski definition) is 3. The van der Waals surface area contributed by atoms with E-state index in [4.69, 9.17) is 0 Å². The van der Waals surface area contributed by atoms with Gasteiger partial charge in [-0.2, -0.15) is 0 Å². The van der Waals surface area contributed by atoms with Crippen LogP contribution in [-0.4, -0.2) is 9.97 Å². The summed E-state index contributed by atoms with van der Waals surface area (Å²) in [6.07, 6.45) is 3.23. The van der Waals surface area contributed by atoms with E-state index in [1.807, 2.05) is 0 Å². The Morgan fingerprint density at radius 1 is 0.486 bits per heavy atom.